The van der Waals surface area contributed by atoms with E-state index in [1.54, 1.807) is 0 Å². The summed E-state index contributed by atoms with van der Waals surface area (Å²) < 4.78 is 0. The molecule has 96 valence electrons. The fourth-order valence-corrected chi connectivity index (χ4v) is 1.86. The Kier molecular flexibility index (Phi) is 8.64. The highest BCUT2D eigenvalue weighted by atomic mass is 16.3. The van der Waals surface area contributed by atoms with E-state index in [-0.39, 0.29) is 6.10 Å². The van der Waals surface area contributed by atoms with Gasteiger partial charge in [0, 0.05) is 0 Å². The molecule has 0 aliphatic carbocycles. The van der Waals surface area contributed by atoms with Crippen molar-refractivity contribution in [2.24, 2.45) is 5.41 Å². The SMILES string of the molecule is C/C=C/C(O)CCCCCCCC(C)(C)C. The highest BCUT2D eigenvalue weighted by molar-refractivity contribution is 4.84. The molecule has 0 amide bonds. The summed E-state index contributed by atoms with van der Waals surface area (Å²) in [6.45, 7) is 8.87. The summed E-state index contributed by atoms with van der Waals surface area (Å²) in [5, 5.41) is 9.47. The molecule has 1 nitrogen and oxygen atoms in total. The Morgan fingerprint density at radius 2 is 1.56 bits per heavy atom. The van der Waals surface area contributed by atoms with Crippen LogP contribution in [0.1, 0.15) is 72.6 Å². The minimum absolute atomic E-state index is 0.223. The molecule has 16 heavy (non-hydrogen) atoms. The van der Waals surface area contributed by atoms with Gasteiger partial charge in [-0.25, -0.2) is 0 Å². The van der Waals surface area contributed by atoms with Crippen LogP contribution in [0.4, 0.5) is 0 Å². The van der Waals surface area contributed by atoms with Gasteiger partial charge in [0.05, 0.1) is 6.10 Å². The van der Waals surface area contributed by atoms with Gasteiger partial charge in [-0.3, -0.25) is 0 Å². The van der Waals surface area contributed by atoms with Crippen molar-refractivity contribution in [1.82, 2.24) is 0 Å². The van der Waals surface area contributed by atoms with Gasteiger partial charge in [0.2, 0.25) is 0 Å². The average Bonchev–Trinajstić information content (AvgIpc) is 2.15. The fraction of sp³-hybridized carbons (Fsp3) is 0.867. The zero-order valence-corrected chi connectivity index (χ0v) is 11.6. The number of allylic oxidation sites excluding steroid dienone is 1. The number of rotatable bonds is 8. The largest absolute Gasteiger partial charge is 0.389 e. The zero-order valence-electron chi connectivity index (χ0n) is 11.6. The lowest BCUT2D eigenvalue weighted by Crippen LogP contribution is -2.04. The quantitative estimate of drug-likeness (QED) is 0.470. The van der Waals surface area contributed by atoms with Crippen LogP contribution in [0.15, 0.2) is 12.2 Å². The normalized spacial score (nSPS) is 14.6. The molecule has 0 aromatic rings. The lowest BCUT2D eigenvalue weighted by molar-refractivity contribution is 0.207. The molecule has 1 N–H and O–H groups in total. The maximum atomic E-state index is 9.47. The van der Waals surface area contributed by atoms with Crippen LogP contribution in [0.3, 0.4) is 0 Å². The third-order valence-electron chi connectivity index (χ3n) is 2.84. The van der Waals surface area contributed by atoms with Gasteiger partial charge in [0.25, 0.3) is 0 Å². The van der Waals surface area contributed by atoms with E-state index in [0.717, 1.165) is 12.8 Å². The summed E-state index contributed by atoms with van der Waals surface area (Å²) >= 11 is 0. The standard InChI is InChI=1S/C15H30O/c1-5-11-14(16)12-9-7-6-8-10-13-15(2,3)4/h5,11,14,16H,6-10,12-13H2,1-4H3/b11-5+. The lowest BCUT2D eigenvalue weighted by atomic mass is 9.89. The number of aliphatic hydroxyl groups is 1. The van der Waals surface area contributed by atoms with Gasteiger partial charge in [0.1, 0.15) is 0 Å². The smallest absolute Gasteiger partial charge is 0.0720 e. The van der Waals surface area contributed by atoms with Crippen molar-refractivity contribution in [2.45, 2.75) is 78.7 Å². The number of unbranched alkanes of at least 4 members (excludes halogenated alkanes) is 4. The summed E-state index contributed by atoms with van der Waals surface area (Å²) in [5.74, 6) is 0. The molecule has 0 spiro atoms. The minimum Gasteiger partial charge on any atom is -0.389 e. The first kappa shape index (κ1) is 15.7. The summed E-state index contributed by atoms with van der Waals surface area (Å²) in [7, 11) is 0. The monoisotopic (exact) mass is 226 g/mol. The number of aliphatic hydroxyl groups excluding tert-OH is 1. The minimum atomic E-state index is -0.223. The molecule has 0 aliphatic rings. The average molecular weight is 226 g/mol. The third-order valence-corrected chi connectivity index (χ3v) is 2.84. The Morgan fingerprint density at radius 3 is 2.12 bits per heavy atom. The summed E-state index contributed by atoms with van der Waals surface area (Å²) in [6, 6.07) is 0. The Morgan fingerprint density at radius 1 is 1.00 bits per heavy atom. The van der Waals surface area contributed by atoms with Gasteiger partial charge in [-0.15, -0.1) is 0 Å². The van der Waals surface area contributed by atoms with E-state index in [4.69, 9.17) is 0 Å². The molecule has 1 atom stereocenters. The van der Waals surface area contributed by atoms with Crippen LogP contribution in [-0.2, 0) is 0 Å². The van der Waals surface area contributed by atoms with E-state index >= 15 is 0 Å². The topological polar surface area (TPSA) is 20.2 Å². The fourth-order valence-electron chi connectivity index (χ4n) is 1.86. The second kappa shape index (κ2) is 8.81. The molecule has 0 aromatic heterocycles. The van der Waals surface area contributed by atoms with Crippen LogP contribution >= 0.6 is 0 Å². The molecule has 0 bridgehead atoms. The Labute approximate surface area is 102 Å². The van der Waals surface area contributed by atoms with Gasteiger partial charge in [-0.1, -0.05) is 65.0 Å². The van der Waals surface area contributed by atoms with Crippen molar-refractivity contribution in [2.75, 3.05) is 0 Å². The molecule has 0 aromatic carbocycles. The third kappa shape index (κ3) is 11.8. The van der Waals surface area contributed by atoms with Gasteiger partial charge in [-0.05, 0) is 25.2 Å². The van der Waals surface area contributed by atoms with Crippen molar-refractivity contribution >= 4 is 0 Å². The van der Waals surface area contributed by atoms with E-state index in [1.807, 2.05) is 19.1 Å². The van der Waals surface area contributed by atoms with E-state index in [2.05, 4.69) is 20.8 Å². The van der Waals surface area contributed by atoms with Gasteiger partial charge >= 0.3 is 0 Å². The van der Waals surface area contributed by atoms with E-state index < -0.39 is 0 Å². The van der Waals surface area contributed by atoms with Crippen molar-refractivity contribution in [3.05, 3.63) is 12.2 Å². The summed E-state index contributed by atoms with van der Waals surface area (Å²) in [6.07, 6.45) is 12.3. The highest BCUT2D eigenvalue weighted by Gasteiger charge is 2.08. The van der Waals surface area contributed by atoms with E-state index in [0.29, 0.717) is 5.41 Å². The Hall–Kier alpha value is -0.300. The summed E-state index contributed by atoms with van der Waals surface area (Å²) in [4.78, 5) is 0. The number of hydrogen-bond donors (Lipinski definition) is 1. The second-order valence-corrected chi connectivity index (χ2v) is 5.96. The first-order valence-corrected chi connectivity index (χ1v) is 6.76. The van der Waals surface area contributed by atoms with Crippen LogP contribution in [0.2, 0.25) is 0 Å². The predicted molar refractivity (Wildman–Crippen MR) is 72.6 cm³/mol. The Balaban J connectivity index is 3.22. The lowest BCUT2D eigenvalue weighted by Gasteiger charge is -2.17. The van der Waals surface area contributed by atoms with Crippen LogP contribution in [0.25, 0.3) is 0 Å². The van der Waals surface area contributed by atoms with Crippen LogP contribution < -0.4 is 0 Å². The van der Waals surface area contributed by atoms with Crippen LogP contribution in [0.5, 0.6) is 0 Å². The van der Waals surface area contributed by atoms with Crippen molar-refractivity contribution in [1.29, 1.82) is 0 Å². The van der Waals surface area contributed by atoms with Crippen molar-refractivity contribution in [3.8, 4) is 0 Å². The molecule has 0 saturated carbocycles. The number of hydrogen-bond acceptors (Lipinski definition) is 1. The molecule has 0 saturated heterocycles. The molecular formula is C15H30O. The molecule has 0 rings (SSSR count). The van der Waals surface area contributed by atoms with Crippen molar-refractivity contribution in [3.63, 3.8) is 0 Å². The van der Waals surface area contributed by atoms with Crippen LogP contribution in [0, 0.1) is 5.41 Å². The summed E-state index contributed by atoms with van der Waals surface area (Å²) in [5.41, 5.74) is 0.488. The van der Waals surface area contributed by atoms with E-state index in [9.17, 15) is 5.11 Å². The maximum Gasteiger partial charge on any atom is 0.0720 e. The first-order chi connectivity index (χ1) is 7.45. The Bertz CT molecular complexity index is 176. The second-order valence-electron chi connectivity index (χ2n) is 5.96. The molecule has 0 aliphatic heterocycles. The molecular weight excluding hydrogens is 196 g/mol. The molecule has 0 heterocycles. The molecule has 1 unspecified atom stereocenters. The van der Waals surface area contributed by atoms with Gasteiger partial charge in [0.15, 0.2) is 0 Å². The highest BCUT2D eigenvalue weighted by Crippen LogP contribution is 2.22. The zero-order chi connectivity index (χ0) is 12.4. The first-order valence-electron chi connectivity index (χ1n) is 6.76. The van der Waals surface area contributed by atoms with Crippen LogP contribution in [-0.4, -0.2) is 11.2 Å². The molecule has 0 fully saturated rings. The maximum absolute atomic E-state index is 9.47. The van der Waals surface area contributed by atoms with Gasteiger partial charge in [-0.2, -0.15) is 0 Å². The molecule has 1 heteroatoms. The predicted octanol–water partition coefficient (Wildman–Crippen LogP) is 4.70. The van der Waals surface area contributed by atoms with E-state index in [1.165, 1.54) is 32.1 Å². The van der Waals surface area contributed by atoms with Gasteiger partial charge < -0.3 is 5.11 Å². The van der Waals surface area contributed by atoms with Crippen molar-refractivity contribution < 1.29 is 5.11 Å². The molecule has 0 radical (unpaired) electrons.